The molecule has 0 aromatic carbocycles. The highest BCUT2D eigenvalue weighted by Gasteiger charge is 2.10. The zero-order valence-corrected chi connectivity index (χ0v) is 8.08. The molecule has 0 radical (unpaired) electrons. The maximum absolute atomic E-state index is 10.3. The molecular weight excluding hydrogens is 170 g/mol. The first-order valence-corrected chi connectivity index (χ1v) is 4.20. The van der Waals surface area contributed by atoms with Gasteiger partial charge in [0.2, 0.25) is 0 Å². The molecule has 5 nitrogen and oxygen atoms in total. The van der Waals surface area contributed by atoms with Crippen LogP contribution in [0.3, 0.4) is 0 Å². The van der Waals surface area contributed by atoms with Crippen molar-refractivity contribution in [3.05, 3.63) is 0 Å². The number of carboxylic acids is 1. The normalized spacial score (nSPS) is 12.2. The minimum Gasteiger partial charge on any atom is -0.480 e. The van der Waals surface area contributed by atoms with Crippen molar-refractivity contribution in [2.24, 2.45) is 5.73 Å². The van der Waals surface area contributed by atoms with Crippen molar-refractivity contribution in [2.45, 2.75) is 25.8 Å². The second kappa shape index (κ2) is 5.53. The third-order valence-electron chi connectivity index (χ3n) is 1.90. The zero-order valence-electron chi connectivity index (χ0n) is 8.08. The van der Waals surface area contributed by atoms with Gasteiger partial charge in [0.1, 0.15) is 6.04 Å². The third-order valence-corrected chi connectivity index (χ3v) is 1.90. The maximum atomic E-state index is 10.3. The molecule has 0 aliphatic carbocycles. The van der Waals surface area contributed by atoms with Crippen LogP contribution in [0.15, 0.2) is 0 Å². The predicted molar refractivity (Wildman–Crippen MR) is 50.9 cm³/mol. The Balaban J connectivity index is 3.56. The molecule has 0 saturated heterocycles. The Morgan fingerprint density at radius 2 is 2.23 bits per heavy atom. The largest absolute Gasteiger partial charge is 0.480 e. The van der Waals surface area contributed by atoms with Gasteiger partial charge >= 0.3 is 5.97 Å². The molecule has 13 heavy (non-hydrogen) atoms. The monoisotopic (exact) mass is 187 g/mol. The van der Waals surface area contributed by atoms with Gasteiger partial charge < -0.3 is 15.7 Å². The summed E-state index contributed by atoms with van der Waals surface area (Å²) in [6.45, 7) is 2.37. The summed E-state index contributed by atoms with van der Waals surface area (Å²) in [6, 6.07) is -0.778. The minimum atomic E-state index is -0.964. The molecule has 0 aromatic rings. The highest BCUT2D eigenvalue weighted by Crippen LogP contribution is 1.97. The fraction of sp³-hybridized carbons (Fsp3) is 0.750. The molecule has 0 aromatic heterocycles. The Morgan fingerprint density at radius 1 is 1.69 bits per heavy atom. The lowest BCUT2D eigenvalue weighted by Gasteiger charge is -2.17. The summed E-state index contributed by atoms with van der Waals surface area (Å²) in [5.74, 6) is -0.488. The van der Waals surface area contributed by atoms with E-state index in [1.54, 1.807) is 18.9 Å². The van der Waals surface area contributed by atoms with Crippen molar-refractivity contribution in [2.75, 3.05) is 13.6 Å². The second-order valence-corrected chi connectivity index (χ2v) is 3.09. The summed E-state index contributed by atoms with van der Waals surface area (Å²) in [6.07, 6.45) is 1.15. The first kappa shape index (κ1) is 11.9. The Bertz CT molecular complexity index is 174. The van der Waals surface area contributed by atoms with Crippen LogP contribution in [0.1, 0.15) is 19.8 Å². The molecule has 0 spiro atoms. The van der Waals surface area contributed by atoms with Gasteiger partial charge in [0.05, 0.1) is 5.84 Å². The molecule has 1 atom stereocenters. The van der Waals surface area contributed by atoms with Crippen LogP contribution >= 0.6 is 0 Å². The van der Waals surface area contributed by atoms with Crippen molar-refractivity contribution in [3.8, 4) is 0 Å². The molecule has 0 amide bonds. The van der Waals surface area contributed by atoms with Gasteiger partial charge in [-0.05, 0) is 19.8 Å². The van der Waals surface area contributed by atoms with Gasteiger partial charge in [-0.2, -0.15) is 0 Å². The van der Waals surface area contributed by atoms with Crippen molar-refractivity contribution in [1.29, 1.82) is 5.41 Å². The van der Waals surface area contributed by atoms with Crippen molar-refractivity contribution in [3.63, 3.8) is 0 Å². The van der Waals surface area contributed by atoms with Gasteiger partial charge in [-0.1, -0.05) is 0 Å². The smallest absolute Gasteiger partial charge is 0.320 e. The Morgan fingerprint density at radius 3 is 2.62 bits per heavy atom. The molecular formula is C8H17N3O2. The van der Waals surface area contributed by atoms with Gasteiger partial charge in [0.15, 0.2) is 0 Å². The minimum absolute atomic E-state index is 0.451. The van der Waals surface area contributed by atoms with Crippen LogP contribution in [0.5, 0.6) is 0 Å². The molecule has 0 bridgehead atoms. The molecule has 1 unspecified atom stereocenters. The number of nitrogens with two attached hydrogens (primary N) is 1. The molecule has 0 aliphatic heterocycles. The predicted octanol–water partition coefficient (Wildman–Crippen LogP) is 0.107. The summed E-state index contributed by atoms with van der Waals surface area (Å²) in [5.41, 5.74) is 5.31. The first-order chi connectivity index (χ1) is 5.95. The van der Waals surface area contributed by atoms with E-state index < -0.39 is 12.0 Å². The van der Waals surface area contributed by atoms with Crippen LogP contribution in [0.2, 0.25) is 0 Å². The SMILES string of the molecule is CC(=N)N(C)CCCC(N)C(=O)O. The highest BCUT2D eigenvalue weighted by atomic mass is 16.4. The Hall–Kier alpha value is -1.10. The number of hydrogen-bond donors (Lipinski definition) is 3. The summed E-state index contributed by atoms with van der Waals surface area (Å²) < 4.78 is 0. The number of rotatable bonds is 5. The van der Waals surface area contributed by atoms with Crippen molar-refractivity contribution < 1.29 is 9.90 Å². The van der Waals surface area contributed by atoms with Crippen LogP contribution in [0.25, 0.3) is 0 Å². The number of aliphatic carboxylic acids is 1. The van der Waals surface area contributed by atoms with Crippen molar-refractivity contribution >= 4 is 11.8 Å². The van der Waals surface area contributed by atoms with E-state index in [2.05, 4.69) is 0 Å². The average molecular weight is 187 g/mol. The van der Waals surface area contributed by atoms with Gasteiger partial charge in [-0.25, -0.2) is 0 Å². The number of hydrogen-bond acceptors (Lipinski definition) is 3. The van der Waals surface area contributed by atoms with Crippen molar-refractivity contribution in [1.82, 2.24) is 4.90 Å². The van der Waals surface area contributed by atoms with E-state index in [1.165, 1.54) is 0 Å². The van der Waals surface area contributed by atoms with E-state index >= 15 is 0 Å². The third kappa shape index (κ3) is 5.19. The Labute approximate surface area is 78.0 Å². The van der Waals surface area contributed by atoms with E-state index in [9.17, 15) is 4.79 Å². The quantitative estimate of drug-likeness (QED) is 0.421. The first-order valence-electron chi connectivity index (χ1n) is 4.20. The van der Waals surface area contributed by atoms with Crippen LogP contribution in [-0.2, 0) is 4.79 Å². The fourth-order valence-electron chi connectivity index (χ4n) is 0.840. The van der Waals surface area contributed by atoms with E-state index in [4.69, 9.17) is 16.2 Å². The molecule has 0 aliphatic rings. The summed E-state index contributed by atoms with van der Waals surface area (Å²) in [5, 5.41) is 15.7. The molecule has 76 valence electrons. The molecule has 0 saturated carbocycles. The molecule has 4 N–H and O–H groups in total. The van der Waals surface area contributed by atoms with Crippen LogP contribution in [0, 0.1) is 5.41 Å². The fourth-order valence-corrected chi connectivity index (χ4v) is 0.840. The number of nitrogens with zero attached hydrogens (tertiary/aromatic N) is 1. The van der Waals surface area contributed by atoms with Crippen LogP contribution < -0.4 is 5.73 Å². The van der Waals surface area contributed by atoms with Gasteiger partial charge in [0.25, 0.3) is 0 Å². The van der Waals surface area contributed by atoms with Gasteiger partial charge in [0, 0.05) is 13.6 Å². The zero-order chi connectivity index (χ0) is 10.4. The molecule has 0 fully saturated rings. The van der Waals surface area contributed by atoms with Crippen LogP contribution in [-0.4, -0.2) is 41.4 Å². The van der Waals surface area contributed by atoms with E-state index in [0.717, 1.165) is 0 Å². The van der Waals surface area contributed by atoms with E-state index in [1.807, 2.05) is 0 Å². The van der Waals surface area contributed by atoms with Crippen LogP contribution in [0.4, 0.5) is 0 Å². The topological polar surface area (TPSA) is 90.4 Å². The lowest BCUT2D eigenvalue weighted by Crippen LogP contribution is -2.32. The van der Waals surface area contributed by atoms with Gasteiger partial charge in [-0.3, -0.25) is 10.2 Å². The number of carbonyl (C=O) groups is 1. The van der Waals surface area contributed by atoms with E-state index in [0.29, 0.717) is 25.2 Å². The molecule has 5 heteroatoms. The van der Waals surface area contributed by atoms with E-state index in [-0.39, 0.29) is 0 Å². The highest BCUT2D eigenvalue weighted by molar-refractivity contribution is 5.76. The summed E-state index contributed by atoms with van der Waals surface area (Å²) in [7, 11) is 1.80. The average Bonchev–Trinajstić information content (AvgIpc) is 2.03. The lowest BCUT2D eigenvalue weighted by atomic mass is 10.1. The number of carboxylic acid groups (broad SMARTS) is 1. The van der Waals surface area contributed by atoms with Gasteiger partial charge in [-0.15, -0.1) is 0 Å². The second-order valence-electron chi connectivity index (χ2n) is 3.09. The maximum Gasteiger partial charge on any atom is 0.320 e. The molecule has 0 rings (SSSR count). The summed E-state index contributed by atoms with van der Waals surface area (Å²) >= 11 is 0. The lowest BCUT2D eigenvalue weighted by molar-refractivity contribution is -0.138. The number of nitrogens with one attached hydrogen (secondary N) is 1. The molecule has 0 heterocycles. The standard InChI is InChI=1S/C8H17N3O2/c1-6(9)11(2)5-3-4-7(10)8(12)13/h7,9H,3-5,10H2,1-2H3,(H,12,13). The Kier molecular flexibility index (Phi) is 5.06. The number of amidine groups is 1. The summed E-state index contributed by atoms with van der Waals surface area (Å²) in [4.78, 5) is 12.1.